The maximum absolute atomic E-state index is 12.9. The van der Waals surface area contributed by atoms with E-state index < -0.39 is 11.7 Å². The van der Waals surface area contributed by atoms with Crippen molar-refractivity contribution < 1.29 is 28.2 Å². The number of likely N-dealkylation sites (N-methyl/N-ethyl adjacent to an activating group) is 1. The molecule has 1 saturated heterocycles. The van der Waals surface area contributed by atoms with Gasteiger partial charge in [-0.1, -0.05) is 6.07 Å². The molecule has 0 spiro atoms. The molecule has 2 aromatic rings. The zero-order valence-electron chi connectivity index (χ0n) is 16.3. The molecule has 1 fully saturated rings. The van der Waals surface area contributed by atoms with Crippen LogP contribution in [0.1, 0.15) is 12.5 Å². The Balaban J connectivity index is 1.66. The van der Waals surface area contributed by atoms with Gasteiger partial charge in [-0.25, -0.2) is 4.39 Å². The fourth-order valence-electron chi connectivity index (χ4n) is 2.69. The molecule has 3 rings (SSSR count). The van der Waals surface area contributed by atoms with Gasteiger partial charge in [0, 0.05) is 12.2 Å². The largest absolute Gasteiger partial charge is 0.493 e. The molecule has 0 bridgehead atoms. The van der Waals surface area contributed by atoms with Crippen LogP contribution in [0.25, 0.3) is 6.08 Å². The van der Waals surface area contributed by atoms with E-state index in [9.17, 15) is 18.8 Å². The molecule has 0 atom stereocenters. The average Bonchev–Trinajstić information content (AvgIpc) is 3.00. The van der Waals surface area contributed by atoms with E-state index in [1.807, 2.05) is 0 Å². The van der Waals surface area contributed by atoms with E-state index in [4.69, 9.17) is 9.47 Å². The van der Waals surface area contributed by atoms with Gasteiger partial charge in [0.15, 0.2) is 18.1 Å². The number of nitrogens with one attached hydrogen (secondary N) is 1. The fourth-order valence-corrected chi connectivity index (χ4v) is 3.59. The number of hydrogen-bond donors (Lipinski definition) is 1. The molecule has 0 aromatic heterocycles. The molecule has 9 heteroatoms. The molecule has 0 saturated carbocycles. The van der Waals surface area contributed by atoms with Crippen LogP contribution < -0.4 is 14.8 Å². The molecule has 1 aliphatic rings. The monoisotopic (exact) mass is 430 g/mol. The van der Waals surface area contributed by atoms with Gasteiger partial charge in [-0.15, -0.1) is 0 Å². The second-order valence-electron chi connectivity index (χ2n) is 6.18. The second kappa shape index (κ2) is 9.45. The van der Waals surface area contributed by atoms with Gasteiger partial charge in [-0.2, -0.15) is 0 Å². The smallest absolute Gasteiger partial charge is 0.293 e. The van der Waals surface area contributed by atoms with Crippen molar-refractivity contribution in [3.8, 4) is 11.5 Å². The molecule has 0 aliphatic carbocycles. The van der Waals surface area contributed by atoms with Crippen LogP contribution in [0.5, 0.6) is 11.5 Å². The first-order valence-corrected chi connectivity index (χ1v) is 9.84. The van der Waals surface area contributed by atoms with Crippen LogP contribution in [0, 0.1) is 5.82 Å². The number of hydrogen-bond acceptors (Lipinski definition) is 6. The second-order valence-corrected chi connectivity index (χ2v) is 7.17. The average molecular weight is 430 g/mol. The van der Waals surface area contributed by atoms with Crippen molar-refractivity contribution in [1.29, 1.82) is 0 Å². The molecule has 7 nitrogen and oxygen atoms in total. The summed E-state index contributed by atoms with van der Waals surface area (Å²) in [5, 5.41) is 2.30. The number of methoxy groups -OCH3 is 1. The van der Waals surface area contributed by atoms with Gasteiger partial charge in [0.05, 0.1) is 12.0 Å². The maximum Gasteiger partial charge on any atom is 0.293 e. The normalized spacial score (nSPS) is 14.9. The van der Waals surface area contributed by atoms with E-state index in [0.717, 1.165) is 11.8 Å². The summed E-state index contributed by atoms with van der Waals surface area (Å²) in [4.78, 5) is 37.6. The third-order valence-corrected chi connectivity index (χ3v) is 5.07. The molecule has 156 valence electrons. The van der Waals surface area contributed by atoms with Crippen LogP contribution in [0.4, 0.5) is 14.9 Å². The number of nitrogens with zero attached hydrogens (tertiary/aromatic N) is 1. The van der Waals surface area contributed by atoms with Crippen molar-refractivity contribution >= 4 is 40.6 Å². The fraction of sp³-hybridized carbons (Fsp3) is 0.190. The van der Waals surface area contributed by atoms with Crippen LogP contribution in [0.3, 0.4) is 0 Å². The van der Waals surface area contributed by atoms with Crippen LogP contribution in [-0.2, 0) is 9.59 Å². The van der Waals surface area contributed by atoms with E-state index in [-0.39, 0.29) is 17.8 Å². The van der Waals surface area contributed by atoms with Gasteiger partial charge in [0.2, 0.25) is 0 Å². The summed E-state index contributed by atoms with van der Waals surface area (Å²) in [6.45, 7) is 1.78. The number of anilines is 1. The first-order valence-electron chi connectivity index (χ1n) is 9.03. The van der Waals surface area contributed by atoms with Crippen molar-refractivity contribution in [2.45, 2.75) is 6.92 Å². The summed E-state index contributed by atoms with van der Waals surface area (Å²) in [5.74, 6) is -0.433. The predicted octanol–water partition coefficient (Wildman–Crippen LogP) is 3.91. The number of amides is 3. The lowest BCUT2D eigenvalue weighted by atomic mass is 10.2. The number of rotatable bonds is 7. The quantitative estimate of drug-likeness (QED) is 0.671. The number of imide groups is 1. The number of carbonyl (C=O) groups is 3. The lowest BCUT2D eigenvalue weighted by molar-refractivity contribution is -0.122. The molecule has 2 aromatic carbocycles. The minimum Gasteiger partial charge on any atom is -0.493 e. The molecule has 3 amide bonds. The van der Waals surface area contributed by atoms with Crippen LogP contribution in [0.2, 0.25) is 0 Å². The molecule has 0 unspecified atom stereocenters. The van der Waals surface area contributed by atoms with Crippen LogP contribution in [-0.4, -0.2) is 42.2 Å². The molecular weight excluding hydrogens is 411 g/mol. The topological polar surface area (TPSA) is 84.9 Å². The van der Waals surface area contributed by atoms with Gasteiger partial charge < -0.3 is 14.8 Å². The Hall–Kier alpha value is -3.33. The zero-order chi connectivity index (χ0) is 21.7. The van der Waals surface area contributed by atoms with Gasteiger partial charge in [0.1, 0.15) is 5.82 Å². The molecule has 0 radical (unpaired) electrons. The summed E-state index contributed by atoms with van der Waals surface area (Å²) < 4.78 is 23.7. The Labute approximate surface area is 176 Å². The van der Waals surface area contributed by atoms with Crippen molar-refractivity contribution in [2.24, 2.45) is 0 Å². The Morgan fingerprint density at radius 1 is 1.17 bits per heavy atom. The van der Waals surface area contributed by atoms with Crippen LogP contribution in [0.15, 0.2) is 47.4 Å². The Kier molecular flexibility index (Phi) is 6.73. The SMILES string of the molecule is CCN1C(=O)S/C(=C/c2ccc(OCC(=O)Nc3ccc(F)cc3)c(OC)c2)C1=O. The summed E-state index contributed by atoms with van der Waals surface area (Å²) in [6.07, 6.45) is 1.61. The van der Waals surface area contributed by atoms with E-state index in [0.29, 0.717) is 34.2 Å². The third-order valence-electron chi connectivity index (χ3n) is 4.16. The molecule has 30 heavy (non-hydrogen) atoms. The van der Waals surface area contributed by atoms with E-state index in [1.54, 1.807) is 31.2 Å². The Bertz CT molecular complexity index is 1010. The lowest BCUT2D eigenvalue weighted by Crippen LogP contribution is -2.27. The summed E-state index contributed by atoms with van der Waals surface area (Å²) >= 11 is 0.885. The molecule has 1 N–H and O–H groups in total. The highest BCUT2D eigenvalue weighted by atomic mass is 32.2. The third kappa shape index (κ3) is 4.98. The maximum atomic E-state index is 12.9. The molecular formula is C21H19FN2O5S. The number of benzene rings is 2. The van der Waals surface area contributed by atoms with E-state index >= 15 is 0 Å². The Morgan fingerprint density at radius 2 is 1.90 bits per heavy atom. The molecule has 1 heterocycles. The first kappa shape index (κ1) is 21.4. The first-order chi connectivity index (χ1) is 14.4. The van der Waals surface area contributed by atoms with Crippen molar-refractivity contribution in [3.05, 3.63) is 58.8 Å². The number of thioether (sulfide) groups is 1. The minimum atomic E-state index is -0.416. The highest BCUT2D eigenvalue weighted by Crippen LogP contribution is 2.34. The highest BCUT2D eigenvalue weighted by Gasteiger charge is 2.33. The summed E-state index contributed by atoms with van der Waals surface area (Å²) in [7, 11) is 1.45. The minimum absolute atomic E-state index is 0.275. The standard InChI is InChI=1S/C21H19FN2O5S/c1-3-24-20(26)18(30-21(24)27)11-13-4-9-16(17(10-13)28-2)29-12-19(25)23-15-7-5-14(22)6-8-15/h4-11H,3,12H2,1-2H3,(H,23,25)/b18-11+. The summed E-state index contributed by atoms with van der Waals surface area (Å²) in [6, 6.07) is 10.3. The Morgan fingerprint density at radius 3 is 2.53 bits per heavy atom. The van der Waals surface area contributed by atoms with Crippen molar-refractivity contribution in [2.75, 3.05) is 25.6 Å². The van der Waals surface area contributed by atoms with Crippen molar-refractivity contribution in [3.63, 3.8) is 0 Å². The van der Waals surface area contributed by atoms with E-state index in [2.05, 4.69) is 5.32 Å². The van der Waals surface area contributed by atoms with Gasteiger partial charge in [-0.05, 0) is 66.7 Å². The number of ether oxygens (including phenoxy) is 2. The lowest BCUT2D eigenvalue weighted by Gasteiger charge is -2.12. The van der Waals surface area contributed by atoms with Crippen molar-refractivity contribution in [1.82, 2.24) is 4.90 Å². The zero-order valence-corrected chi connectivity index (χ0v) is 17.1. The number of halogens is 1. The van der Waals surface area contributed by atoms with Gasteiger partial charge in [-0.3, -0.25) is 19.3 Å². The van der Waals surface area contributed by atoms with Gasteiger partial charge in [0.25, 0.3) is 17.1 Å². The van der Waals surface area contributed by atoms with Crippen LogP contribution >= 0.6 is 11.8 Å². The van der Waals surface area contributed by atoms with E-state index in [1.165, 1.54) is 36.3 Å². The van der Waals surface area contributed by atoms with Gasteiger partial charge >= 0.3 is 0 Å². The predicted molar refractivity (Wildman–Crippen MR) is 112 cm³/mol. The number of carbonyl (C=O) groups excluding carboxylic acids is 3. The molecule has 1 aliphatic heterocycles. The summed E-state index contributed by atoms with van der Waals surface area (Å²) in [5.41, 5.74) is 1.10. The highest BCUT2D eigenvalue weighted by molar-refractivity contribution is 8.18.